The van der Waals surface area contributed by atoms with Crippen molar-refractivity contribution in [2.45, 2.75) is 32.3 Å². The fraction of sp³-hybridized carbons (Fsp3) is 0.500. The molecule has 1 rings (SSSR count). The van der Waals surface area contributed by atoms with E-state index in [1.54, 1.807) is 13.8 Å². The van der Waals surface area contributed by atoms with Gasteiger partial charge in [0.25, 0.3) is 0 Å². The second kappa shape index (κ2) is 5.49. The van der Waals surface area contributed by atoms with Crippen molar-refractivity contribution in [3.8, 4) is 0 Å². The third-order valence-electron chi connectivity index (χ3n) is 1.13. The van der Waals surface area contributed by atoms with E-state index in [-0.39, 0.29) is 10.9 Å². The molecular formula is C8H12O2S2Se. The molecule has 0 aromatic carbocycles. The Hall–Kier alpha value is 0.619. The molecule has 0 aliphatic rings. The van der Waals surface area contributed by atoms with Gasteiger partial charge in [0.2, 0.25) is 0 Å². The molecule has 1 aromatic rings. The summed E-state index contributed by atoms with van der Waals surface area (Å²) in [7, 11) is 0. The molecule has 13 heavy (non-hydrogen) atoms. The molecule has 2 atom stereocenters. The number of hydrogen-bond donors (Lipinski definition) is 2. The third kappa shape index (κ3) is 4.58. The van der Waals surface area contributed by atoms with Crippen molar-refractivity contribution in [3.05, 3.63) is 12.1 Å². The first-order valence-corrected chi connectivity index (χ1v) is 7.34. The average Bonchev–Trinajstić information content (AvgIpc) is 2.33. The van der Waals surface area contributed by atoms with Crippen LogP contribution in [-0.2, 0) is 0 Å². The van der Waals surface area contributed by atoms with Gasteiger partial charge >= 0.3 is 92.6 Å². The van der Waals surface area contributed by atoms with E-state index in [0.717, 1.165) is 0 Å². The van der Waals surface area contributed by atoms with Crippen molar-refractivity contribution >= 4 is 38.0 Å². The maximum atomic E-state index is 9.13. The van der Waals surface area contributed by atoms with Gasteiger partial charge in [-0.3, -0.25) is 0 Å². The summed E-state index contributed by atoms with van der Waals surface area (Å²) in [6, 6.07) is 4.06. The van der Waals surface area contributed by atoms with Crippen LogP contribution < -0.4 is 0 Å². The van der Waals surface area contributed by atoms with Crippen LogP contribution >= 0.6 is 23.5 Å². The van der Waals surface area contributed by atoms with Gasteiger partial charge in [0, 0.05) is 0 Å². The van der Waals surface area contributed by atoms with E-state index in [1.165, 1.54) is 31.1 Å². The Morgan fingerprint density at radius 2 is 1.46 bits per heavy atom. The molecule has 0 fully saturated rings. The second-order valence-corrected chi connectivity index (χ2v) is 8.66. The quantitative estimate of drug-likeness (QED) is 0.500. The maximum absolute atomic E-state index is 9.13. The Bertz CT molecular complexity index is 236. The van der Waals surface area contributed by atoms with Gasteiger partial charge < -0.3 is 0 Å². The van der Waals surface area contributed by atoms with Crippen LogP contribution in [0.2, 0.25) is 0 Å². The SMILES string of the molecule is CC(O)Sc1ccc(SC(C)O)[se]1. The molecule has 0 saturated carbocycles. The molecule has 0 amide bonds. The first kappa shape index (κ1) is 11.7. The summed E-state index contributed by atoms with van der Waals surface area (Å²) in [5.74, 6) is 0. The van der Waals surface area contributed by atoms with Gasteiger partial charge in [0.15, 0.2) is 0 Å². The molecule has 0 spiro atoms. The van der Waals surface area contributed by atoms with Crippen LogP contribution in [0.1, 0.15) is 13.8 Å². The van der Waals surface area contributed by atoms with E-state index in [1.807, 2.05) is 12.1 Å². The van der Waals surface area contributed by atoms with E-state index >= 15 is 0 Å². The van der Waals surface area contributed by atoms with E-state index in [0.29, 0.717) is 14.5 Å². The summed E-state index contributed by atoms with van der Waals surface area (Å²) < 4.78 is 2.45. The summed E-state index contributed by atoms with van der Waals surface area (Å²) in [6.07, 6.45) is 0. The summed E-state index contributed by atoms with van der Waals surface area (Å²) in [6.45, 7) is 3.53. The molecule has 0 saturated heterocycles. The van der Waals surface area contributed by atoms with Crippen molar-refractivity contribution in [1.29, 1.82) is 0 Å². The van der Waals surface area contributed by atoms with E-state index in [2.05, 4.69) is 0 Å². The Morgan fingerprint density at radius 3 is 1.77 bits per heavy atom. The minimum atomic E-state index is -0.336. The predicted octanol–water partition coefficient (Wildman–Crippen LogP) is 1.60. The molecule has 0 bridgehead atoms. The van der Waals surface area contributed by atoms with E-state index in [4.69, 9.17) is 10.2 Å². The van der Waals surface area contributed by atoms with Crippen LogP contribution in [0.25, 0.3) is 0 Å². The Balaban J connectivity index is 2.53. The fourth-order valence-corrected chi connectivity index (χ4v) is 6.38. The zero-order valence-electron chi connectivity index (χ0n) is 7.43. The van der Waals surface area contributed by atoms with Crippen molar-refractivity contribution in [1.82, 2.24) is 0 Å². The molecule has 2 nitrogen and oxygen atoms in total. The van der Waals surface area contributed by atoms with Crippen LogP contribution in [0, 0.1) is 0 Å². The molecule has 5 heteroatoms. The van der Waals surface area contributed by atoms with Gasteiger partial charge in [-0.05, 0) is 0 Å². The Kier molecular flexibility index (Phi) is 4.94. The van der Waals surface area contributed by atoms with Crippen LogP contribution in [0.15, 0.2) is 19.7 Å². The standard InChI is InChI=1S/C8H12O2S2Se/c1-5(9)11-7-3-4-8(13-7)12-6(2)10/h3-6,9-10H,1-2H3. The monoisotopic (exact) mass is 284 g/mol. The molecule has 1 aromatic heterocycles. The third-order valence-corrected chi connectivity index (χ3v) is 6.04. The van der Waals surface area contributed by atoms with E-state index < -0.39 is 0 Å². The molecule has 74 valence electrons. The molecule has 2 N–H and O–H groups in total. The summed E-state index contributed by atoms with van der Waals surface area (Å²) in [5, 5.41) is 18.3. The summed E-state index contributed by atoms with van der Waals surface area (Å²) >= 11 is 3.28. The van der Waals surface area contributed by atoms with Crippen LogP contribution in [0.5, 0.6) is 0 Å². The number of aliphatic hydroxyl groups is 2. The van der Waals surface area contributed by atoms with Gasteiger partial charge in [-0.2, -0.15) is 0 Å². The molecule has 0 radical (unpaired) electrons. The first-order chi connectivity index (χ1) is 6.08. The zero-order chi connectivity index (χ0) is 9.84. The van der Waals surface area contributed by atoms with Crippen molar-refractivity contribution < 1.29 is 10.2 Å². The van der Waals surface area contributed by atoms with Gasteiger partial charge in [-0.1, -0.05) is 0 Å². The Morgan fingerprint density at radius 1 is 1.08 bits per heavy atom. The Labute approximate surface area is 92.5 Å². The van der Waals surface area contributed by atoms with Crippen LogP contribution in [-0.4, -0.2) is 35.6 Å². The number of thioether (sulfide) groups is 2. The minimum absolute atomic E-state index is 0.295. The normalized spacial score (nSPS) is 15.7. The summed E-state index contributed by atoms with van der Waals surface area (Å²) in [4.78, 5) is 0. The van der Waals surface area contributed by atoms with Gasteiger partial charge in [-0.15, -0.1) is 0 Å². The summed E-state index contributed by atoms with van der Waals surface area (Å²) in [5.41, 5.74) is -0.671. The fourth-order valence-electron chi connectivity index (χ4n) is 0.766. The molecule has 1 heterocycles. The number of aliphatic hydroxyl groups excluding tert-OH is 2. The topological polar surface area (TPSA) is 40.5 Å². The zero-order valence-corrected chi connectivity index (χ0v) is 10.8. The second-order valence-electron chi connectivity index (χ2n) is 2.51. The number of hydrogen-bond acceptors (Lipinski definition) is 4. The van der Waals surface area contributed by atoms with Gasteiger partial charge in [0.05, 0.1) is 0 Å². The van der Waals surface area contributed by atoms with Crippen molar-refractivity contribution in [2.24, 2.45) is 0 Å². The van der Waals surface area contributed by atoms with Gasteiger partial charge in [0.1, 0.15) is 0 Å². The van der Waals surface area contributed by atoms with Crippen LogP contribution in [0.3, 0.4) is 0 Å². The van der Waals surface area contributed by atoms with Gasteiger partial charge in [-0.25, -0.2) is 0 Å². The molecule has 0 aliphatic carbocycles. The van der Waals surface area contributed by atoms with E-state index in [9.17, 15) is 0 Å². The molecule has 0 aliphatic heterocycles. The molecule has 2 unspecified atom stereocenters. The van der Waals surface area contributed by atoms with Crippen molar-refractivity contribution in [2.75, 3.05) is 0 Å². The van der Waals surface area contributed by atoms with Crippen molar-refractivity contribution in [3.63, 3.8) is 0 Å². The first-order valence-electron chi connectivity index (χ1n) is 3.87. The molecular weight excluding hydrogens is 271 g/mol. The van der Waals surface area contributed by atoms with Crippen LogP contribution in [0.4, 0.5) is 0 Å². The predicted molar refractivity (Wildman–Crippen MR) is 58.5 cm³/mol. The number of rotatable bonds is 4. The average molecular weight is 283 g/mol.